The Morgan fingerprint density at radius 3 is 2.52 bits per heavy atom. The van der Waals surface area contributed by atoms with Crippen molar-refractivity contribution in [1.29, 1.82) is 0 Å². The fourth-order valence-corrected chi connectivity index (χ4v) is 2.45. The van der Waals surface area contributed by atoms with Gasteiger partial charge in [-0.1, -0.05) is 12.1 Å². The van der Waals surface area contributed by atoms with Crippen LogP contribution in [0.3, 0.4) is 0 Å². The van der Waals surface area contributed by atoms with Crippen molar-refractivity contribution in [2.75, 3.05) is 13.7 Å². The highest BCUT2D eigenvalue weighted by atomic mass is 16.5. The van der Waals surface area contributed by atoms with Crippen molar-refractivity contribution in [3.05, 3.63) is 54.4 Å². The number of pyridine rings is 1. The van der Waals surface area contributed by atoms with E-state index in [1.807, 2.05) is 35.2 Å². The predicted molar refractivity (Wildman–Crippen MR) is 86.3 cm³/mol. The number of benzene rings is 1. The molecule has 1 aliphatic carbocycles. The number of hydrogen-bond acceptors (Lipinski definition) is 4. The Balaban J connectivity index is 1.63. The minimum atomic E-state index is -0.00443. The highest BCUT2D eigenvalue weighted by Gasteiger charge is 2.32. The standard InChI is InChI=1S/C18H20N2O3/c1-22-16-4-2-3-5-17(16)23-13-18(21)20(15-6-7-15)12-14-8-10-19-11-9-14/h2-5,8-11,15H,6-7,12-13H2,1H3. The third-order valence-corrected chi connectivity index (χ3v) is 3.83. The molecule has 3 rings (SSSR count). The summed E-state index contributed by atoms with van der Waals surface area (Å²) in [6.07, 6.45) is 5.61. The van der Waals surface area contributed by atoms with Gasteiger partial charge in [0.2, 0.25) is 0 Å². The third kappa shape index (κ3) is 4.00. The van der Waals surface area contributed by atoms with Crippen LogP contribution in [0.1, 0.15) is 18.4 Å². The Kier molecular flexibility index (Phi) is 4.76. The summed E-state index contributed by atoms with van der Waals surface area (Å²) >= 11 is 0. The third-order valence-electron chi connectivity index (χ3n) is 3.83. The maximum Gasteiger partial charge on any atom is 0.261 e. The van der Waals surface area contributed by atoms with E-state index in [4.69, 9.17) is 9.47 Å². The number of carbonyl (C=O) groups excluding carboxylic acids is 1. The lowest BCUT2D eigenvalue weighted by atomic mass is 10.2. The number of hydrogen-bond donors (Lipinski definition) is 0. The zero-order valence-corrected chi connectivity index (χ0v) is 13.1. The molecule has 0 N–H and O–H groups in total. The van der Waals surface area contributed by atoms with Crippen molar-refractivity contribution < 1.29 is 14.3 Å². The molecule has 5 heteroatoms. The summed E-state index contributed by atoms with van der Waals surface area (Å²) in [6.45, 7) is 0.614. The van der Waals surface area contributed by atoms with Gasteiger partial charge in [-0.2, -0.15) is 0 Å². The molecule has 0 unspecified atom stereocenters. The molecule has 0 bridgehead atoms. The molecule has 1 aromatic carbocycles. The van der Waals surface area contributed by atoms with Crippen molar-refractivity contribution in [3.63, 3.8) is 0 Å². The largest absolute Gasteiger partial charge is 0.493 e. The molecule has 1 aliphatic rings. The van der Waals surface area contributed by atoms with Crippen LogP contribution in [-0.2, 0) is 11.3 Å². The number of rotatable bonds is 7. The first-order valence-electron chi connectivity index (χ1n) is 7.72. The van der Waals surface area contributed by atoms with Crippen LogP contribution >= 0.6 is 0 Å². The molecule has 0 saturated heterocycles. The smallest absolute Gasteiger partial charge is 0.261 e. The number of amides is 1. The van der Waals surface area contributed by atoms with E-state index in [-0.39, 0.29) is 12.5 Å². The molecule has 120 valence electrons. The Labute approximate surface area is 135 Å². The van der Waals surface area contributed by atoms with Crippen LogP contribution in [-0.4, -0.2) is 35.5 Å². The molecule has 23 heavy (non-hydrogen) atoms. The van der Waals surface area contributed by atoms with Crippen LogP contribution in [0.5, 0.6) is 11.5 Å². The maximum atomic E-state index is 12.5. The van der Waals surface area contributed by atoms with Crippen LogP contribution in [0.4, 0.5) is 0 Å². The van der Waals surface area contributed by atoms with Gasteiger partial charge < -0.3 is 14.4 Å². The lowest BCUT2D eigenvalue weighted by molar-refractivity contribution is -0.134. The number of carbonyl (C=O) groups is 1. The van der Waals surface area contributed by atoms with Crippen LogP contribution in [0.15, 0.2) is 48.8 Å². The van der Waals surface area contributed by atoms with Gasteiger partial charge in [-0.15, -0.1) is 0 Å². The molecule has 5 nitrogen and oxygen atoms in total. The van der Waals surface area contributed by atoms with Gasteiger partial charge in [-0.25, -0.2) is 0 Å². The van der Waals surface area contributed by atoms with Crippen molar-refractivity contribution >= 4 is 5.91 Å². The molecule has 1 aromatic heterocycles. The summed E-state index contributed by atoms with van der Waals surface area (Å²) in [5, 5.41) is 0. The lowest BCUT2D eigenvalue weighted by Crippen LogP contribution is -2.36. The Hall–Kier alpha value is -2.56. The second kappa shape index (κ2) is 7.13. The number of ether oxygens (including phenoxy) is 2. The van der Waals surface area contributed by atoms with E-state index in [0.717, 1.165) is 18.4 Å². The zero-order valence-electron chi connectivity index (χ0n) is 13.1. The van der Waals surface area contributed by atoms with Gasteiger partial charge in [-0.3, -0.25) is 9.78 Å². The lowest BCUT2D eigenvalue weighted by Gasteiger charge is -2.23. The molecule has 0 radical (unpaired) electrons. The van der Waals surface area contributed by atoms with E-state index >= 15 is 0 Å². The number of para-hydroxylation sites is 2. The maximum absolute atomic E-state index is 12.5. The van der Waals surface area contributed by atoms with E-state index in [1.165, 1.54) is 0 Å². The van der Waals surface area contributed by atoms with Gasteiger partial charge >= 0.3 is 0 Å². The van der Waals surface area contributed by atoms with Crippen LogP contribution in [0.2, 0.25) is 0 Å². The monoisotopic (exact) mass is 312 g/mol. The fourth-order valence-electron chi connectivity index (χ4n) is 2.45. The Morgan fingerprint density at radius 1 is 1.17 bits per heavy atom. The minimum absolute atomic E-state index is 0.00443. The van der Waals surface area contributed by atoms with Gasteiger partial charge in [0.25, 0.3) is 5.91 Å². The SMILES string of the molecule is COc1ccccc1OCC(=O)N(Cc1ccncc1)C1CC1. The normalized spacial score (nSPS) is 13.4. The molecule has 1 heterocycles. The quantitative estimate of drug-likeness (QED) is 0.789. The highest BCUT2D eigenvalue weighted by Crippen LogP contribution is 2.29. The Bertz CT molecular complexity index is 656. The van der Waals surface area contributed by atoms with E-state index in [1.54, 1.807) is 25.6 Å². The number of nitrogens with zero attached hydrogens (tertiary/aromatic N) is 2. The average molecular weight is 312 g/mol. The van der Waals surface area contributed by atoms with Gasteiger partial charge in [0.1, 0.15) is 0 Å². The van der Waals surface area contributed by atoms with Crippen molar-refractivity contribution in [2.45, 2.75) is 25.4 Å². The summed E-state index contributed by atoms with van der Waals surface area (Å²) in [5.41, 5.74) is 1.08. The molecule has 2 aromatic rings. The van der Waals surface area contributed by atoms with Crippen LogP contribution in [0.25, 0.3) is 0 Å². The summed E-state index contributed by atoms with van der Waals surface area (Å²) in [6, 6.07) is 11.5. The predicted octanol–water partition coefficient (Wildman–Crippen LogP) is 2.66. The van der Waals surface area contributed by atoms with Crippen LogP contribution < -0.4 is 9.47 Å². The van der Waals surface area contributed by atoms with Crippen molar-refractivity contribution in [2.24, 2.45) is 0 Å². The van der Waals surface area contributed by atoms with E-state index < -0.39 is 0 Å². The molecule has 1 fully saturated rings. The second-order valence-electron chi connectivity index (χ2n) is 5.55. The molecule has 1 amide bonds. The molecular weight excluding hydrogens is 292 g/mol. The molecule has 1 saturated carbocycles. The van der Waals surface area contributed by atoms with Crippen molar-refractivity contribution in [3.8, 4) is 11.5 Å². The average Bonchev–Trinajstić information content (AvgIpc) is 3.43. The topological polar surface area (TPSA) is 51.7 Å². The van der Waals surface area contributed by atoms with E-state index in [2.05, 4.69) is 4.98 Å². The summed E-state index contributed by atoms with van der Waals surface area (Å²) in [4.78, 5) is 18.5. The van der Waals surface area contributed by atoms with Gasteiger partial charge in [0.05, 0.1) is 7.11 Å². The summed E-state index contributed by atoms with van der Waals surface area (Å²) < 4.78 is 10.9. The van der Waals surface area contributed by atoms with Crippen molar-refractivity contribution in [1.82, 2.24) is 9.88 Å². The number of aromatic nitrogens is 1. The Morgan fingerprint density at radius 2 is 1.87 bits per heavy atom. The minimum Gasteiger partial charge on any atom is -0.493 e. The highest BCUT2D eigenvalue weighted by molar-refractivity contribution is 5.78. The van der Waals surface area contributed by atoms with Gasteiger partial charge in [0, 0.05) is 25.0 Å². The first-order valence-corrected chi connectivity index (χ1v) is 7.72. The van der Waals surface area contributed by atoms with Gasteiger partial charge in [0.15, 0.2) is 18.1 Å². The molecule has 0 spiro atoms. The first-order chi connectivity index (χ1) is 11.3. The van der Waals surface area contributed by atoms with Crippen LogP contribution in [0, 0.1) is 0 Å². The number of methoxy groups -OCH3 is 1. The summed E-state index contributed by atoms with van der Waals surface area (Å²) in [7, 11) is 1.59. The molecule has 0 atom stereocenters. The fraction of sp³-hybridized carbons (Fsp3) is 0.333. The summed E-state index contributed by atoms with van der Waals surface area (Å²) in [5.74, 6) is 1.21. The van der Waals surface area contributed by atoms with E-state index in [0.29, 0.717) is 24.1 Å². The zero-order chi connectivity index (χ0) is 16.1. The van der Waals surface area contributed by atoms with Gasteiger partial charge in [-0.05, 0) is 42.7 Å². The van der Waals surface area contributed by atoms with E-state index in [9.17, 15) is 4.79 Å². The molecule has 0 aliphatic heterocycles. The second-order valence-corrected chi connectivity index (χ2v) is 5.55. The first kappa shape index (κ1) is 15.3. The molecular formula is C18H20N2O3.